The molecule has 0 saturated heterocycles. The predicted octanol–water partition coefficient (Wildman–Crippen LogP) is 7.33. The van der Waals surface area contributed by atoms with E-state index in [1.807, 2.05) is 6.07 Å². The molecule has 0 spiro atoms. The Morgan fingerprint density at radius 3 is 1.82 bits per heavy atom. The van der Waals surface area contributed by atoms with Gasteiger partial charge >= 0.3 is 12.1 Å². The molecule has 1 fully saturated rings. The van der Waals surface area contributed by atoms with Gasteiger partial charge in [-0.2, -0.15) is 5.26 Å². The predicted molar refractivity (Wildman–Crippen MR) is 180 cm³/mol. The van der Waals surface area contributed by atoms with Crippen molar-refractivity contribution in [3.05, 3.63) is 82.9 Å². The SMILES string of the molecule is CC(C)(C)OC(=O)NC1CCC(NC(=O)c2cc(Oc3ccc(C#N)cc3)cc(Oc3c(F)cc(C(N)C(=O)OC(C)(C)C)cc3F)c2)CC1. The topological polar surface area (TPSA) is 162 Å². The van der Waals surface area contributed by atoms with Crippen LogP contribution in [-0.4, -0.2) is 41.3 Å². The Morgan fingerprint density at radius 1 is 0.780 bits per heavy atom. The Kier molecular flexibility index (Phi) is 11.7. The van der Waals surface area contributed by atoms with Gasteiger partial charge in [-0.05, 0) is 121 Å². The monoisotopic (exact) mass is 692 g/mol. The molecule has 0 aromatic heterocycles. The Balaban J connectivity index is 1.54. The molecule has 1 atom stereocenters. The third kappa shape index (κ3) is 10.9. The van der Waals surface area contributed by atoms with Crippen molar-refractivity contribution < 1.29 is 42.1 Å². The maximum Gasteiger partial charge on any atom is 0.407 e. The number of alkyl carbamates (subject to hydrolysis) is 1. The fourth-order valence-electron chi connectivity index (χ4n) is 5.16. The van der Waals surface area contributed by atoms with Crippen molar-refractivity contribution in [3.63, 3.8) is 0 Å². The van der Waals surface area contributed by atoms with Gasteiger partial charge in [-0.15, -0.1) is 0 Å². The van der Waals surface area contributed by atoms with Crippen molar-refractivity contribution in [2.75, 3.05) is 0 Å². The summed E-state index contributed by atoms with van der Waals surface area (Å²) >= 11 is 0. The maximum absolute atomic E-state index is 15.3. The maximum atomic E-state index is 15.3. The van der Waals surface area contributed by atoms with Crippen LogP contribution >= 0.6 is 0 Å². The number of amides is 2. The number of hydrogen-bond donors (Lipinski definition) is 3. The van der Waals surface area contributed by atoms with Crippen LogP contribution in [0, 0.1) is 23.0 Å². The van der Waals surface area contributed by atoms with Crippen molar-refractivity contribution in [1.82, 2.24) is 10.6 Å². The van der Waals surface area contributed by atoms with Gasteiger partial charge in [0.1, 0.15) is 34.5 Å². The molecular weight excluding hydrogens is 650 g/mol. The second-order valence-electron chi connectivity index (χ2n) is 14.0. The van der Waals surface area contributed by atoms with E-state index in [9.17, 15) is 14.4 Å². The second kappa shape index (κ2) is 15.6. The lowest BCUT2D eigenvalue weighted by Gasteiger charge is -2.30. The molecule has 0 bridgehead atoms. The summed E-state index contributed by atoms with van der Waals surface area (Å²) in [5, 5.41) is 15.0. The van der Waals surface area contributed by atoms with E-state index in [1.54, 1.807) is 65.8 Å². The third-order valence-corrected chi connectivity index (χ3v) is 7.40. The van der Waals surface area contributed by atoms with E-state index in [0.717, 1.165) is 12.1 Å². The van der Waals surface area contributed by atoms with E-state index >= 15 is 8.78 Å². The first-order chi connectivity index (χ1) is 23.4. The summed E-state index contributed by atoms with van der Waals surface area (Å²) in [6.45, 7) is 10.3. The van der Waals surface area contributed by atoms with Gasteiger partial charge in [0, 0.05) is 23.7 Å². The minimum absolute atomic E-state index is 0.0875. The van der Waals surface area contributed by atoms with Gasteiger partial charge in [0.25, 0.3) is 5.91 Å². The molecule has 50 heavy (non-hydrogen) atoms. The largest absolute Gasteiger partial charge is 0.459 e. The molecule has 1 aliphatic carbocycles. The van der Waals surface area contributed by atoms with E-state index in [0.29, 0.717) is 37.0 Å². The Hall–Kier alpha value is -5.22. The van der Waals surface area contributed by atoms with Crippen LogP contribution in [0.1, 0.15) is 94.8 Å². The number of carbonyl (C=O) groups is 3. The van der Waals surface area contributed by atoms with E-state index < -0.39 is 52.6 Å². The summed E-state index contributed by atoms with van der Waals surface area (Å²) in [4.78, 5) is 38.1. The first-order valence-electron chi connectivity index (χ1n) is 16.2. The van der Waals surface area contributed by atoms with Crippen LogP contribution in [0.3, 0.4) is 0 Å². The molecule has 4 rings (SSSR count). The summed E-state index contributed by atoms with van der Waals surface area (Å²) in [6, 6.07) is 12.3. The number of carbonyl (C=O) groups excluding carboxylic acids is 3. The molecule has 13 heteroatoms. The number of ether oxygens (including phenoxy) is 4. The highest BCUT2D eigenvalue weighted by atomic mass is 19.1. The molecule has 1 aliphatic rings. The Morgan fingerprint density at radius 2 is 1.30 bits per heavy atom. The zero-order chi connectivity index (χ0) is 36.8. The highest BCUT2D eigenvalue weighted by Crippen LogP contribution is 2.35. The minimum Gasteiger partial charge on any atom is -0.459 e. The lowest BCUT2D eigenvalue weighted by Crippen LogP contribution is -2.45. The van der Waals surface area contributed by atoms with Crippen LogP contribution in [0.5, 0.6) is 23.0 Å². The highest BCUT2D eigenvalue weighted by Gasteiger charge is 2.28. The number of nitriles is 1. The van der Waals surface area contributed by atoms with Crippen molar-refractivity contribution in [2.24, 2.45) is 5.73 Å². The highest BCUT2D eigenvalue weighted by molar-refractivity contribution is 5.95. The van der Waals surface area contributed by atoms with E-state index in [2.05, 4.69) is 10.6 Å². The number of rotatable bonds is 9. The van der Waals surface area contributed by atoms with Crippen molar-refractivity contribution in [1.29, 1.82) is 5.26 Å². The lowest BCUT2D eigenvalue weighted by molar-refractivity contribution is -0.156. The number of nitrogens with one attached hydrogen (secondary N) is 2. The van der Waals surface area contributed by atoms with Gasteiger partial charge in [0.2, 0.25) is 0 Å². The molecule has 1 saturated carbocycles. The number of hydrogen-bond acceptors (Lipinski definition) is 9. The molecule has 4 N–H and O–H groups in total. The average molecular weight is 693 g/mol. The molecule has 266 valence electrons. The summed E-state index contributed by atoms with van der Waals surface area (Å²) in [5.74, 6) is -4.07. The fraction of sp³-hybridized carbons (Fsp3) is 0.405. The van der Waals surface area contributed by atoms with Crippen LogP contribution < -0.4 is 25.8 Å². The van der Waals surface area contributed by atoms with Crippen LogP contribution in [0.4, 0.5) is 13.6 Å². The van der Waals surface area contributed by atoms with Crippen LogP contribution in [0.2, 0.25) is 0 Å². The van der Waals surface area contributed by atoms with Crippen molar-refractivity contribution in [2.45, 2.75) is 96.6 Å². The number of esters is 1. The van der Waals surface area contributed by atoms with Crippen LogP contribution in [0.25, 0.3) is 0 Å². The molecule has 3 aromatic carbocycles. The Labute approximate surface area is 290 Å². The third-order valence-electron chi connectivity index (χ3n) is 7.40. The van der Waals surface area contributed by atoms with Gasteiger partial charge in [0.05, 0.1) is 11.6 Å². The van der Waals surface area contributed by atoms with Crippen LogP contribution in [0.15, 0.2) is 54.6 Å². The van der Waals surface area contributed by atoms with Crippen molar-refractivity contribution >= 4 is 18.0 Å². The molecule has 3 aromatic rings. The number of nitrogens with two attached hydrogens (primary N) is 1. The number of benzene rings is 3. The first kappa shape index (κ1) is 37.6. The quantitative estimate of drug-likeness (QED) is 0.195. The molecular formula is C37H42F2N4O7. The summed E-state index contributed by atoms with van der Waals surface area (Å²) in [6.07, 6.45) is 1.92. The average Bonchev–Trinajstić information content (AvgIpc) is 3.01. The standard InChI is InChI=1S/C37H42F2N4O7/c1-36(2,3)49-34(45)31(41)22-17-29(38)32(30(39)18-22)48-28-16-23(15-27(19-28)47-26-13-7-21(20-40)8-14-26)33(44)42-24-9-11-25(12-10-24)43-35(46)50-37(4,5)6/h7-8,13-19,24-25,31H,9-12,41H2,1-6H3,(H,42,44)(H,43,46). The fourth-order valence-corrected chi connectivity index (χ4v) is 5.16. The Bertz CT molecular complexity index is 1730. The molecule has 11 nitrogen and oxygen atoms in total. The molecule has 0 aliphatic heterocycles. The molecule has 2 amide bonds. The first-order valence-corrected chi connectivity index (χ1v) is 16.2. The lowest BCUT2D eigenvalue weighted by atomic mass is 9.91. The summed E-state index contributed by atoms with van der Waals surface area (Å²) in [5.41, 5.74) is 4.79. The minimum atomic E-state index is -1.45. The van der Waals surface area contributed by atoms with Gasteiger partial charge in [-0.3, -0.25) is 4.79 Å². The smallest absolute Gasteiger partial charge is 0.407 e. The summed E-state index contributed by atoms with van der Waals surface area (Å²) < 4.78 is 52.7. The van der Waals surface area contributed by atoms with Gasteiger partial charge in [-0.25, -0.2) is 18.4 Å². The number of halogens is 2. The van der Waals surface area contributed by atoms with E-state index in [-0.39, 0.29) is 34.7 Å². The van der Waals surface area contributed by atoms with E-state index in [4.69, 9.17) is 29.9 Å². The number of nitrogens with zero attached hydrogens (tertiary/aromatic N) is 1. The second-order valence-corrected chi connectivity index (χ2v) is 14.0. The van der Waals surface area contributed by atoms with Crippen molar-refractivity contribution in [3.8, 4) is 29.1 Å². The molecule has 1 unspecified atom stereocenters. The van der Waals surface area contributed by atoms with Gasteiger partial charge < -0.3 is 35.3 Å². The van der Waals surface area contributed by atoms with E-state index in [1.165, 1.54) is 18.2 Å². The summed E-state index contributed by atoms with van der Waals surface area (Å²) in [7, 11) is 0. The van der Waals surface area contributed by atoms with Gasteiger partial charge in [0.15, 0.2) is 17.4 Å². The normalized spacial score (nSPS) is 16.7. The van der Waals surface area contributed by atoms with Crippen LogP contribution in [-0.2, 0) is 14.3 Å². The zero-order valence-corrected chi connectivity index (χ0v) is 28.9. The zero-order valence-electron chi connectivity index (χ0n) is 28.9. The molecule has 0 radical (unpaired) electrons. The van der Waals surface area contributed by atoms with Gasteiger partial charge in [-0.1, -0.05) is 0 Å². The molecule has 0 heterocycles.